The molecule has 0 unspecified atom stereocenters. The van der Waals surface area contributed by atoms with E-state index >= 15 is 0 Å². The summed E-state index contributed by atoms with van der Waals surface area (Å²) in [6.45, 7) is 5.24. The molecule has 0 heterocycles. The zero-order valence-corrected chi connectivity index (χ0v) is 9.38. The van der Waals surface area contributed by atoms with E-state index in [0.717, 1.165) is 29.8 Å². The number of hydrazine groups is 1. The highest BCUT2D eigenvalue weighted by molar-refractivity contribution is 5.26. The van der Waals surface area contributed by atoms with Crippen LogP contribution in [0.3, 0.4) is 0 Å². The van der Waals surface area contributed by atoms with Gasteiger partial charge in [-0.05, 0) is 25.8 Å². The summed E-state index contributed by atoms with van der Waals surface area (Å²) in [5.74, 6) is 5.53. The Morgan fingerprint density at radius 2 is 1.93 bits per heavy atom. The van der Waals surface area contributed by atoms with Gasteiger partial charge in [0, 0.05) is 25.8 Å². The van der Waals surface area contributed by atoms with Gasteiger partial charge in [0.05, 0.1) is 0 Å². The molecule has 0 fully saturated rings. The van der Waals surface area contributed by atoms with Crippen molar-refractivity contribution in [3.05, 3.63) is 22.9 Å². The van der Waals surface area contributed by atoms with Gasteiger partial charge in [0.15, 0.2) is 0 Å². The molecule has 82 valence electrons. The van der Waals surface area contributed by atoms with Crippen molar-refractivity contribution in [2.24, 2.45) is 17.3 Å². The van der Waals surface area contributed by atoms with Crippen molar-refractivity contribution in [3.8, 4) is 0 Å². The summed E-state index contributed by atoms with van der Waals surface area (Å²) in [5.41, 5.74) is 14.3. The normalized spacial score (nSPS) is 14.6. The minimum absolute atomic E-state index is 0.565. The molecule has 0 aromatic heterocycles. The van der Waals surface area contributed by atoms with Crippen LogP contribution < -0.4 is 17.3 Å². The maximum Gasteiger partial charge on any atom is 0.0166 e. The second kappa shape index (κ2) is 6.59. The third-order valence-corrected chi connectivity index (χ3v) is 1.98. The van der Waals surface area contributed by atoms with Gasteiger partial charge in [-0.15, -0.1) is 0 Å². The molecule has 0 saturated heterocycles. The average molecular weight is 198 g/mol. The summed E-state index contributed by atoms with van der Waals surface area (Å²) in [6.07, 6.45) is 2.89. The fourth-order valence-corrected chi connectivity index (χ4v) is 1.04. The van der Waals surface area contributed by atoms with Gasteiger partial charge in [-0.3, -0.25) is 5.84 Å². The van der Waals surface area contributed by atoms with E-state index in [1.54, 1.807) is 5.01 Å². The molecule has 0 amide bonds. The molecule has 0 rings (SSSR count). The third kappa shape index (κ3) is 5.75. The molecule has 4 heteroatoms. The highest BCUT2D eigenvalue weighted by Gasteiger charge is 1.99. The summed E-state index contributed by atoms with van der Waals surface area (Å²) in [7, 11) is 1.84. The first-order valence-corrected chi connectivity index (χ1v) is 4.75. The van der Waals surface area contributed by atoms with Crippen LogP contribution in [0.4, 0.5) is 0 Å². The molecule has 0 aliphatic carbocycles. The van der Waals surface area contributed by atoms with Gasteiger partial charge in [0.2, 0.25) is 0 Å². The van der Waals surface area contributed by atoms with Crippen LogP contribution in [0.25, 0.3) is 0 Å². The van der Waals surface area contributed by atoms with E-state index in [4.69, 9.17) is 17.3 Å². The Labute approximate surface area is 86.4 Å². The Morgan fingerprint density at radius 3 is 2.29 bits per heavy atom. The van der Waals surface area contributed by atoms with Gasteiger partial charge in [0.25, 0.3) is 0 Å². The predicted octanol–water partition coefficient (Wildman–Crippen LogP) is 0.320. The van der Waals surface area contributed by atoms with Gasteiger partial charge in [-0.1, -0.05) is 11.6 Å². The molecule has 0 radical (unpaired) electrons. The SMILES string of the molecule is C/C(=C\C(CCN(C)N)=C(/C)N)CN. The van der Waals surface area contributed by atoms with E-state index in [-0.39, 0.29) is 0 Å². The molecule has 0 aromatic carbocycles. The maximum atomic E-state index is 5.76. The van der Waals surface area contributed by atoms with E-state index in [0.29, 0.717) is 6.54 Å². The number of allylic oxidation sites excluding steroid dienone is 2. The Kier molecular flexibility index (Phi) is 6.19. The smallest absolute Gasteiger partial charge is 0.0166 e. The lowest BCUT2D eigenvalue weighted by Gasteiger charge is -2.11. The molecule has 6 N–H and O–H groups in total. The van der Waals surface area contributed by atoms with Crippen molar-refractivity contribution < 1.29 is 0 Å². The number of nitrogens with zero attached hydrogens (tertiary/aromatic N) is 1. The zero-order valence-electron chi connectivity index (χ0n) is 9.38. The van der Waals surface area contributed by atoms with Crippen molar-refractivity contribution >= 4 is 0 Å². The minimum atomic E-state index is 0.565. The maximum absolute atomic E-state index is 5.76. The Bertz CT molecular complexity index is 224. The molecule has 0 aromatic rings. The molecule has 0 aliphatic rings. The van der Waals surface area contributed by atoms with Gasteiger partial charge in [0.1, 0.15) is 0 Å². The van der Waals surface area contributed by atoms with Crippen LogP contribution >= 0.6 is 0 Å². The lowest BCUT2D eigenvalue weighted by molar-refractivity contribution is 0.354. The van der Waals surface area contributed by atoms with Crippen molar-refractivity contribution in [1.82, 2.24) is 5.01 Å². The molecular weight excluding hydrogens is 176 g/mol. The minimum Gasteiger partial charge on any atom is -0.402 e. The van der Waals surface area contributed by atoms with Gasteiger partial charge < -0.3 is 11.5 Å². The summed E-state index contributed by atoms with van der Waals surface area (Å²) in [4.78, 5) is 0. The second-order valence-corrected chi connectivity index (χ2v) is 3.63. The highest BCUT2D eigenvalue weighted by atomic mass is 15.4. The van der Waals surface area contributed by atoms with Crippen molar-refractivity contribution in [2.45, 2.75) is 20.3 Å². The molecule has 4 nitrogen and oxygen atoms in total. The fourth-order valence-electron chi connectivity index (χ4n) is 1.04. The first-order valence-electron chi connectivity index (χ1n) is 4.75. The van der Waals surface area contributed by atoms with Crippen LogP contribution in [0.2, 0.25) is 0 Å². The monoisotopic (exact) mass is 198 g/mol. The predicted molar refractivity (Wildman–Crippen MR) is 61.1 cm³/mol. The van der Waals surface area contributed by atoms with Crippen LogP contribution in [0.1, 0.15) is 20.3 Å². The molecule has 0 bridgehead atoms. The lowest BCUT2D eigenvalue weighted by atomic mass is 10.1. The lowest BCUT2D eigenvalue weighted by Crippen LogP contribution is -2.27. The number of hydrogen-bond acceptors (Lipinski definition) is 4. The van der Waals surface area contributed by atoms with Crippen LogP contribution in [0, 0.1) is 0 Å². The molecule has 0 spiro atoms. The topological polar surface area (TPSA) is 81.3 Å². The first-order chi connectivity index (χ1) is 6.47. The average Bonchev–Trinajstić information content (AvgIpc) is 2.10. The van der Waals surface area contributed by atoms with Crippen molar-refractivity contribution in [1.29, 1.82) is 0 Å². The standard InChI is InChI=1S/C10H22N4/c1-8(7-11)6-10(9(2)12)4-5-14(3)13/h6H,4-5,7,11-13H2,1-3H3/b8-6+,10-9+. The van der Waals surface area contributed by atoms with Crippen LogP contribution in [0.15, 0.2) is 22.9 Å². The van der Waals surface area contributed by atoms with Crippen LogP contribution in [0.5, 0.6) is 0 Å². The van der Waals surface area contributed by atoms with E-state index in [2.05, 4.69) is 0 Å². The number of rotatable bonds is 5. The van der Waals surface area contributed by atoms with Crippen molar-refractivity contribution in [3.63, 3.8) is 0 Å². The fraction of sp³-hybridized carbons (Fsp3) is 0.600. The molecule has 0 saturated carbocycles. The number of nitrogens with two attached hydrogens (primary N) is 3. The van der Waals surface area contributed by atoms with Gasteiger partial charge in [-0.2, -0.15) is 0 Å². The largest absolute Gasteiger partial charge is 0.402 e. The van der Waals surface area contributed by atoms with Gasteiger partial charge in [-0.25, -0.2) is 5.01 Å². The summed E-state index contributed by atoms with van der Waals surface area (Å²) < 4.78 is 0. The van der Waals surface area contributed by atoms with E-state index in [1.165, 1.54) is 0 Å². The van der Waals surface area contributed by atoms with Crippen LogP contribution in [-0.2, 0) is 0 Å². The van der Waals surface area contributed by atoms with Gasteiger partial charge >= 0.3 is 0 Å². The molecule has 0 atom stereocenters. The molecular formula is C10H22N4. The Morgan fingerprint density at radius 1 is 1.36 bits per heavy atom. The molecule has 0 aliphatic heterocycles. The highest BCUT2D eigenvalue weighted by Crippen LogP contribution is 2.09. The first kappa shape index (κ1) is 13.2. The van der Waals surface area contributed by atoms with E-state index in [9.17, 15) is 0 Å². The Balaban J connectivity index is 4.42. The quantitative estimate of drug-likeness (QED) is 0.337. The summed E-state index contributed by atoms with van der Waals surface area (Å²) >= 11 is 0. The Hall–Kier alpha value is -0.840. The van der Waals surface area contributed by atoms with E-state index < -0.39 is 0 Å². The molecule has 14 heavy (non-hydrogen) atoms. The van der Waals surface area contributed by atoms with Crippen LogP contribution in [-0.4, -0.2) is 25.1 Å². The summed E-state index contributed by atoms with van der Waals surface area (Å²) in [6, 6.07) is 0. The second-order valence-electron chi connectivity index (χ2n) is 3.63. The van der Waals surface area contributed by atoms with Crippen molar-refractivity contribution in [2.75, 3.05) is 20.1 Å². The third-order valence-electron chi connectivity index (χ3n) is 1.98. The summed E-state index contributed by atoms with van der Waals surface area (Å²) in [5, 5.41) is 1.65. The zero-order chi connectivity index (χ0) is 11.1. The number of hydrogen-bond donors (Lipinski definition) is 3. The van der Waals surface area contributed by atoms with E-state index in [1.807, 2.05) is 27.0 Å².